The highest BCUT2D eigenvalue weighted by Gasteiger charge is 2.55. The van der Waals surface area contributed by atoms with Crippen molar-refractivity contribution >= 4 is 30.8 Å². The SMILES string of the molecule is Cc1cn([C@@H]2O[C@H](CO[Si](C)(C)C(C)(C)C)[C@@H](O[Si](C)(C)C(C)(C)C)[C@H]2O[Si](C)(C)C(C)(C)C)c(=O)nc1N. The first-order valence-electron chi connectivity index (χ1n) is 14.2. The van der Waals surface area contributed by atoms with Gasteiger partial charge in [0, 0.05) is 11.8 Å². The molecule has 0 amide bonds. The molecule has 1 aromatic heterocycles. The first kappa shape index (κ1) is 34.4. The summed E-state index contributed by atoms with van der Waals surface area (Å²) in [5.41, 5.74) is 6.24. The number of hydrogen-bond donors (Lipinski definition) is 1. The number of nitrogens with zero attached hydrogens (tertiary/aromatic N) is 2. The number of aromatic nitrogens is 2. The van der Waals surface area contributed by atoms with Crippen LogP contribution >= 0.6 is 0 Å². The van der Waals surface area contributed by atoms with Gasteiger partial charge in [0.25, 0.3) is 0 Å². The maximum absolute atomic E-state index is 13.2. The maximum Gasteiger partial charge on any atom is 0.351 e. The van der Waals surface area contributed by atoms with Gasteiger partial charge in [-0.25, -0.2) is 4.79 Å². The third kappa shape index (κ3) is 7.52. The fourth-order valence-electron chi connectivity index (χ4n) is 3.64. The fourth-order valence-corrected chi connectivity index (χ4v) is 7.25. The topological polar surface area (TPSA) is 97.8 Å². The van der Waals surface area contributed by atoms with Crippen molar-refractivity contribution in [2.45, 2.75) is 148 Å². The lowest BCUT2D eigenvalue weighted by atomic mass is 10.1. The van der Waals surface area contributed by atoms with Crippen LogP contribution in [0.4, 0.5) is 5.82 Å². The van der Waals surface area contributed by atoms with Crippen LogP contribution in [0.1, 0.15) is 74.1 Å². The summed E-state index contributed by atoms with van der Waals surface area (Å²) in [5.74, 6) is 0.225. The first-order valence-corrected chi connectivity index (χ1v) is 22.9. The monoisotopic (exact) mass is 599 g/mol. The fraction of sp³-hybridized carbons (Fsp3) is 0.857. The highest BCUT2D eigenvalue weighted by Crippen LogP contribution is 2.46. The third-order valence-electron chi connectivity index (χ3n) is 9.62. The average molecular weight is 600 g/mol. The minimum absolute atomic E-state index is 0.0202. The van der Waals surface area contributed by atoms with Crippen LogP contribution < -0.4 is 11.4 Å². The Kier molecular flexibility index (Phi) is 9.79. The Bertz CT molecular complexity index is 1070. The van der Waals surface area contributed by atoms with E-state index in [-0.39, 0.29) is 20.9 Å². The molecule has 0 bridgehead atoms. The Balaban J connectivity index is 2.69. The van der Waals surface area contributed by atoms with Gasteiger partial charge in [-0.2, -0.15) is 4.98 Å². The van der Waals surface area contributed by atoms with E-state index in [0.29, 0.717) is 12.2 Å². The van der Waals surface area contributed by atoms with Gasteiger partial charge in [0.2, 0.25) is 0 Å². The Morgan fingerprint density at radius 1 is 0.846 bits per heavy atom. The molecule has 39 heavy (non-hydrogen) atoms. The van der Waals surface area contributed by atoms with Gasteiger partial charge in [-0.1, -0.05) is 62.3 Å². The van der Waals surface area contributed by atoms with E-state index in [4.69, 9.17) is 23.7 Å². The highest BCUT2D eigenvalue weighted by molar-refractivity contribution is 6.75. The van der Waals surface area contributed by atoms with Gasteiger partial charge >= 0.3 is 5.69 Å². The van der Waals surface area contributed by atoms with Crippen LogP contribution in [0.2, 0.25) is 54.4 Å². The third-order valence-corrected chi connectivity index (χ3v) is 23.1. The van der Waals surface area contributed by atoms with Crippen molar-refractivity contribution in [3.05, 3.63) is 22.2 Å². The molecular weight excluding hydrogens is 543 g/mol. The minimum atomic E-state index is -2.31. The molecule has 2 rings (SSSR count). The van der Waals surface area contributed by atoms with E-state index in [2.05, 4.69) is 107 Å². The van der Waals surface area contributed by atoms with Crippen LogP contribution in [0, 0.1) is 6.92 Å². The number of ether oxygens (including phenoxy) is 1. The van der Waals surface area contributed by atoms with Crippen LogP contribution in [0.5, 0.6) is 0 Å². The summed E-state index contributed by atoms with van der Waals surface area (Å²) in [4.78, 5) is 17.3. The molecule has 1 aliphatic heterocycles. The van der Waals surface area contributed by atoms with E-state index in [0.717, 1.165) is 0 Å². The van der Waals surface area contributed by atoms with Crippen molar-refractivity contribution in [3.8, 4) is 0 Å². The first-order chi connectivity index (χ1) is 17.2. The lowest BCUT2D eigenvalue weighted by Gasteiger charge is -2.44. The molecule has 0 spiro atoms. The molecule has 1 saturated heterocycles. The largest absolute Gasteiger partial charge is 0.414 e. The minimum Gasteiger partial charge on any atom is -0.414 e. The van der Waals surface area contributed by atoms with E-state index in [1.54, 1.807) is 6.20 Å². The van der Waals surface area contributed by atoms with Gasteiger partial charge in [0.1, 0.15) is 24.1 Å². The second-order valence-corrected chi connectivity index (χ2v) is 30.1. The zero-order valence-electron chi connectivity index (χ0n) is 27.6. The Morgan fingerprint density at radius 3 is 1.72 bits per heavy atom. The average Bonchev–Trinajstić information content (AvgIpc) is 3.02. The predicted molar refractivity (Wildman–Crippen MR) is 169 cm³/mol. The summed E-state index contributed by atoms with van der Waals surface area (Å²) >= 11 is 0. The van der Waals surface area contributed by atoms with E-state index in [1.807, 2.05) is 6.92 Å². The van der Waals surface area contributed by atoms with Crippen molar-refractivity contribution < 1.29 is 18.0 Å². The van der Waals surface area contributed by atoms with Crippen LogP contribution in [-0.2, 0) is 18.0 Å². The zero-order chi connectivity index (χ0) is 30.6. The summed E-state index contributed by atoms with van der Waals surface area (Å²) < 4.78 is 29.2. The van der Waals surface area contributed by atoms with Crippen LogP contribution in [0.15, 0.2) is 11.0 Å². The quantitative estimate of drug-likeness (QED) is 0.327. The number of nitrogens with two attached hydrogens (primary N) is 1. The molecule has 0 aromatic carbocycles. The Morgan fingerprint density at radius 2 is 1.28 bits per heavy atom. The smallest absolute Gasteiger partial charge is 0.351 e. The molecule has 1 aliphatic rings. The molecule has 0 aliphatic carbocycles. The van der Waals surface area contributed by atoms with Gasteiger partial charge in [0.05, 0.1) is 6.61 Å². The van der Waals surface area contributed by atoms with Crippen LogP contribution in [-0.4, -0.2) is 59.4 Å². The number of rotatable bonds is 8. The summed E-state index contributed by atoms with van der Waals surface area (Å²) in [6.45, 7) is 35.7. The molecule has 0 radical (unpaired) electrons. The summed E-state index contributed by atoms with van der Waals surface area (Å²) in [6.07, 6.45) is -0.285. The van der Waals surface area contributed by atoms with Gasteiger partial charge in [-0.05, 0) is 61.3 Å². The second kappa shape index (κ2) is 11.1. The van der Waals surface area contributed by atoms with E-state index < -0.39 is 55.2 Å². The molecular formula is C28H57N3O5Si3. The molecule has 1 fully saturated rings. The van der Waals surface area contributed by atoms with Crippen molar-refractivity contribution in [2.24, 2.45) is 0 Å². The second-order valence-electron chi connectivity index (χ2n) is 15.8. The van der Waals surface area contributed by atoms with Crippen molar-refractivity contribution in [1.29, 1.82) is 0 Å². The summed E-state index contributed by atoms with van der Waals surface area (Å²) in [6, 6.07) is 0. The zero-order valence-corrected chi connectivity index (χ0v) is 30.6. The standard InChI is InChI=1S/C28H57N3O5Si3/c1-19-17-31(25(32)30-23(19)29)24-22(36-39(15,16)28(8,9)10)21(35-38(13,14)27(5,6)7)20(34-24)18-33-37(11,12)26(2,3)4/h17,20-22,24H,18H2,1-16H3,(H2,29,30,32)/t20-,21-,22-,24-/m1/s1. The van der Waals surface area contributed by atoms with Gasteiger partial charge in [-0.3, -0.25) is 4.57 Å². The molecule has 2 heterocycles. The van der Waals surface area contributed by atoms with Crippen molar-refractivity contribution in [2.75, 3.05) is 12.3 Å². The highest BCUT2D eigenvalue weighted by atomic mass is 28.4. The number of hydrogen-bond acceptors (Lipinski definition) is 7. The molecule has 0 unspecified atom stereocenters. The number of nitrogen functional groups attached to an aromatic ring is 1. The van der Waals surface area contributed by atoms with E-state index >= 15 is 0 Å². The summed E-state index contributed by atoms with van der Waals surface area (Å²) in [5, 5.41) is -0.0184. The maximum atomic E-state index is 13.2. The molecule has 226 valence electrons. The number of aryl methyl sites for hydroxylation is 1. The molecule has 0 saturated carbocycles. The van der Waals surface area contributed by atoms with E-state index in [1.165, 1.54) is 4.57 Å². The van der Waals surface area contributed by atoms with Gasteiger partial charge < -0.3 is 23.7 Å². The molecule has 11 heteroatoms. The van der Waals surface area contributed by atoms with Crippen molar-refractivity contribution in [3.63, 3.8) is 0 Å². The van der Waals surface area contributed by atoms with Gasteiger partial charge in [0.15, 0.2) is 31.2 Å². The molecule has 8 nitrogen and oxygen atoms in total. The lowest BCUT2D eigenvalue weighted by Crippen LogP contribution is -2.54. The lowest BCUT2D eigenvalue weighted by molar-refractivity contribution is -0.0510. The normalized spacial score (nSPS) is 23.9. The molecule has 2 N–H and O–H groups in total. The molecule has 1 aromatic rings. The van der Waals surface area contributed by atoms with Gasteiger partial charge in [-0.15, -0.1) is 0 Å². The number of anilines is 1. The predicted octanol–water partition coefficient (Wildman–Crippen LogP) is 6.83. The van der Waals surface area contributed by atoms with Crippen molar-refractivity contribution in [1.82, 2.24) is 9.55 Å². The van der Waals surface area contributed by atoms with E-state index in [9.17, 15) is 4.79 Å². The van der Waals surface area contributed by atoms with Crippen LogP contribution in [0.3, 0.4) is 0 Å². The molecule has 4 atom stereocenters. The Labute approximate surface area is 240 Å². The Hall–Kier alpha value is -0.829. The summed E-state index contributed by atoms with van der Waals surface area (Å²) in [7, 11) is -6.65. The van der Waals surface area contributed by atoms with Crippen LogP contribution in [0.25, 0.3) is 0 Å².